The van der Waals surface area contributed by atoms with E-state index in [2.05, 4.69) is 13.0 Å². The molecule has 2 aliphatic rings. The van der Waals surface area contributed by atoms with E-state index in [9.17, 15) is 4.79 Å². The Hall–Kier alpha value is -1.59. The Balaban J connectivity index is 2.07. The second-order valence-electron chi connectivity index (χ2n) is 7.21. The lowest BCUT2D eigenvalue weighted by Gasteiger charge is -2.32. The van der Waals surface area contributed by atoms with Crippen LogP contribution in [0.4, 0.5) is 0 Å². The highest BCUT2D eigenvalue weighted by atomic mass is 16.7. The summed E-state index contributed by atoms with van der Waals surface area (Å²) in [5.41, 5.74) is 9.50. The van der Waals surface area contributed by atoms with E-state index in [1.807, 2.05) is 33.8 Å². The van der Waals surface area contributed by atoms with Gasteiger partial charge in [0.25, 0.3) is 0 Å². The van der Waals surface area contributed by atoms with Crippen molar-refractivity contribution >= 4 is 24.6 Å². The van der Waals surface area contributed by atoms with Crippen molar-refractivity contribution in [1.82, 2.24) is 0 Å². The Morgan fingerprint density at radius 3 is 2.32 bits per heavy atom. The Morgan fingerprint density at radius 2 is 1.77 bits per heavy atom. The van der Waals surface area contributed by atoms with Gasteiger partial charge in [-0.05, 0) is 63.7 Å². The molecule has 116 valence electrons. The minimum Gasteiger partial charge on any atom is -0.399 e. The second-order valence-corrected chi connectivity index (χ2v) is 7.21. The second kappa shape index (κ2) is 4.70. The number of hydrogen-bond acceptors (Lipinski definition) is 3. The number of allylic oxidation sites excluding steroid dienone is 1. The highest BCUT2D eigenvalue weighted by molar-refractivity contribution is 6.63. The van der Waals surface area contributed by atoms with Gasteiger partial charge in [0, 0.05) is 5.56 Å². The van der Waals surface area contributed by atoms with E-state index in [1.54, 1.807) is 6.07 Å². The molecule has 1 saturated heterocycles. The molecule has 3 rings (SSSR count). The summed E-state index contributed by atoms with van der Waals surface area (Å²) in [6, 6.07) is 3.68. The Labute approximate surface area is 131 Å². The van der Waals surface area contributed by atoms with E-state index >= 15 is 0 Å². The molecule has 1 heterocycles. The average molecular weight is 299 g/mol. The third-order valence-electron chi connectivity index (χ3n) is 5.01. The molecule has 1 aromatic carbocycles. The van der Waals surface area contributed by atoms with E-state index in [4.69, 9.17) is 15.0 Å². The first-order valence-corrected chi connectivity index (χ1v) is 7.61. The van der Waals surface area contributed by atoms with Crippen molar-refractivity contribution in [3.8, 4) is 0 Å². The molecule has 4 nitrogen and oxygen atoms in total. The van der Waals surface area contributed by atoms with Gasteiger partial charge in [-0.15, -0.1) is 0 Å². The van der Waals surface area contributed by atoms with Crippen molar-refractivity contribution in [2.45, 2.75) is 52.2 Å². The molecular formula is C17H22BNO3. The molecule has 1 amide bonds. The maximum absolute atomic E-state index is 11.6. The summed E-state index contributed by atoms with van der Waals surface area (Å²) in [7, 11) is -0.428. The van der Waals surface area contributed by atoms with Crippen LogP contribution in [-0.2, 0) is 15.7 Å². The van der Waals surface area contributed by atoms with Crippen LogP contribution in [0.15, 0.2) is 17.7 Å². The molecule has 0 spiro atoms. The molecule has 1 aromatic rings. The smallest absolute Gasteiger partial charge is 0.399 e. The van der Waals surface area contributed by atoms with Gasteiger partial charge in [0.2, 0.25) is 5.91 Å². The van der Waals surface area contributed by atoms with E-state index in [0.29, 0.717) is 5.56 Å². The fourth-order valence-electron chi connectivity index (χ4n) is 3.03. The number of rotatable bonds is 2. The van der Waals surface area contributed by atoms with Gasteiger partial charge in [0.1, 0.15) is 0 Å². The van der Waals surface area contributed by atoms with Gasteiger partial charge in [-0.1, -0.05) is 17.7 Å². The molecule has 0 aromatic heterocycles. The molecule has 1 aliphatic heterocycles. The van der Waals surface area contributed by atoms with Gasteiger partial charge in [-0.3, -0.25) is 4.79 Å². The average Bonchev–Trinajstić information content (AvgIpc) is 2.85. The number of carbonyl (C=O) groups excluding carboxylic acids is 1. The van der Waals surface area contributed by atoms with E-state index in [0.717, 1.165) is 23.0 Å². The number of amides is 1. The minimum absolute atomic E-state index is 0.385. The summed E-state index contributed by atoms with van der Waals surface area (Å²) in [6.07, 6.45) is 2.85. The summed E-state index contributed by atoms with van der Waals surface area (Å²) in [4.78, 5) is 11.6. The number of fused-ring (bicyclic) bond motifs is 1. The third kappa shape index (κ3) is 2.20. The zero-order chi connectivity index (χ0) is 16.3. The maximum Gasteiger partial charge on any atom is 0.495 e. The summed E-state index contributed by atoms with van der Waals surface area (Å²) >= 11 is 0. The lowest BCUT2D eigenvalue weighted by molar-refractivity contribution is 0.00578. The van der Waals surface area contributed by atoms with Crippen molar-refractivity contribution in [1.29, 1.82) is 0 Å². The summed E-state index contributed by atoms with van der Waals surface area (Å²) < 4.78 is 12.3. The van der Waals surface area contributed by atoms with Crippen LogP contribution in [0.5, 0.6) is 0 Å². The van der Waals surface area contributed by atoms with Crippen LogP contribution in [0.2, 0.25) is 0 Å². The van der Waals surface area contributed by atoms with Crippen LogP contribution >= 0.6 is 0 Å². The molecule has 1 aliphatic carbocycles. The lowest BCUT2D eigenvalue weighted by Crippen LogP contribution is -2.41. The van der Waals surface area contributed by atoms with Crippen LogP contribution in [-0.4, -0.2) is 24.2 Å². The van der Waals surface area contributed by atoms with E-state index in [-0.39, 0.29) is 17.1 Å². The fraction of sp³-hybridized carbons (Fsp3) is 0.471. The van der Waals surface area contributed by atoms with Gasteiger partial charge >= 0.3 is 7.12 Å². The number of nitrogens with two attached hydrogens (primary N) is 1. The maximum atomic E-state index is 11.6. The topological polar surface area (TPSA) is 61.6 Å². The van der Waals surface area contributed by atoms with Crippen molar-refractivity contribution < 1.29 is 14.1 Å². The standard InChI is InChI=1S/C17H22BNO3/c1-10-8-12-11(15(19)20)6-7-14(13(12)9-10)18-21-16(2,3)17(4,5)22-18/h6-7,9H,8H2,1-5H3,(H2,19,20). The predicted molar refractivity (Wildman–Crippen MR) is 88.0 cm³/mol. The molecule has 1 fully saturated rings. The predicted octanol–water partition coefficient (Wildman–Crippen LogP) is 2.04. The Morgan fingerprint density at radius 1 is 1.18 bits per heavy atom. The monoisotopic (exact) mass is 299 g/mol. The summed E-state index contributed by atoms with van der Waals surface area (Å²) in [5, 5.41) is 0. The Kier molecular flexibility index (Phi) is 3.27. The van der Waals surface area contributed by atoms with Crippen molar-refractivity contribution in [3.05, 3.63) is 34.4 Å². The third-order valence-corrected chi connectivity index (χ3v) is 5.01. The van der Waals surface area contributed by atoms with Crippen LogP contribution in [0, 0.1) is 0 Å². The number of carbonyl (C=O) groups is 1. The molecule has 0 unspecified atom stereocenters. The highest BCUT2D eigenvalue weighted by Crippen LogP contribution is 2.37. The van der Waals surface area contributed by atoms with Gasteiger partial charge in [-0.2, -0.15) is 0 Å². The first-order valence-electron chi connectivity index (χ1n) is 7.61. The molecule has 5 heteroatoms. The van der Waals surface area contributed by atoms with Crippen LogP contribution < -0.4 is 11.2 Å². The van der Waals surface area contributed by atoms with Crippen molar-refractivity contribution in [2.75, 3.05) is 0 Å². The minimum atomic E-state index is -0.428. The molecular weight excluding hydrogens is 277 g/mol. The van der Waals surface area contributed by atoms with Gasteiger partial charge in [0.15, 0.2) is 0 Å². The van der Waals surface area contributed by atoms with Gasteiger partial charge in [0.05, 0.1) is 11.2 Å². The summed E-state index contributed by atoms with van der Waals surface area (Å²) in [6.45, 7) is 10.2. The largest absolute Gasteiger partial charge is 0.495 e. The van der Waals surface area contributed by atoms with E-state index < -0.39 is 7.12 Å². The van der Waals surface area contributed by atoms with E-state index in [1.165, 1.54) is 5.57 Å². The molecule has 0 saturated carbocycles. The Bertz CT molecular complexity index is 675. The zero-order valence-electron chi connectivity index (χ0n) is 13.8. The first kappa shape index (κ1) is 15.3. The van der Waals surface area contributed by atoms with Crippen LogP contribution in [0.25, 0.3) is 6.08 Å². The zero-order valence-corrected chi connectivity index (χ0v) is 13.8. The van der Waals surface area contributed by atoms with Gasteiger partial charge < -0.3 is 15.0 Å². The molecule has 0 radical (unpaired) electrons. The number of hydrogen-bond donors (Lipinski definition) is 1. The van der Waals surface area contributed by atoms with Crippen LogP contribution in [0.3, 0.4) is 0 Å². The SMILES string of the molecule is CC1=Cc2c(B3OC(C)(C)C(C)(C)O3)ccc(C(N)=O)c2C1. The lowest BCUT2D eigenvalue weighted by atomic mass is 9.74. The number of primary amides is 1. The normalized spacial score (nSPS) is 21.7. The fourth-order valence-corrected chi connectivity index (χ4v) is 3.03. The quantitative estimate of drug-likeness (QED) is 0.850. The number of benzene rings is 1. The summed E-state index contributed by atoms with van der Waals surface area (Å²) in [5.74, 6) is -0.389. The van der Waals surface area contributed by atoms with Gasteiger partial charge in [-0.25, -0.2) is 0 Å². The molecule has 0 bridgehead atoms. The highest BCUT2D eigenvalue weighted by Gasteiger charge is 2.52. The van der Waals surface area contributed by atoms with Crippen molar-refractivity contribution in [2.24, 2.45) is 5.73 Å². The van der Waals surface area contributed by atoms with Crippen LogP contribution in [0.1, 0.15) is 56.1 Å². The first-order chi connectivity index (χ1) is 10.1. The van der Waals surface area contributed by atoms with Crippen molar-refractivity contribution in [3.63, 3.8) is 0 Å². The molecule has 22 heavy (non-hydrogen) atoms. The molecule has 0 atom stereocenters. The molecule has 2 N–H and O–H groups in total.